The topological polar surface area (TPSA) is 89.9 Å². The monoisotopic (exact) mass is 458 g/mol. The average molecular weight is 459 g/mol. The number of hydrogen-bond acceptors (Lipinski definition) is 6. The molecule has 0 fully saturated rings. The molecule has 3 atom stereocenters. The molecule has 0 saturated carbocycles. The predicted octanol–water partition coefficient (Wildman–Crippen LogP) is 6.02. The van der Waals surface area contributed by atoms with E-state index >= 15 is 0 Å². The molecule has 190 valence electrons. The Morgan fingerprint density at radius 1 is 0.719 bits per heavy atom. The molecule has 0 saturated heterocycles. The van der Waals surface area contributed by atoms with Gasteiger partial charge in [-0.05, 0) is 38.5 Å². The highest BCUT2D eigenvalue weighted by molar-refractivity contribution is 5.95. The van der Waals surface area contributed by atoms with Gasteiger partial charge in [-0.25, -0.2) is 0 Å². The molecule has 6 heteroatoms. The van der Waals surface area contributed by atoms with Crippen LogP contribution in [-0.4, -0.2) is 42.1 Å². The van der Waals surface area contributed by atoms with E-state index in [0.29, 0.717) is 26.1 Å². The van der Waals surface area contributed by atoms with Crippen molar-refractivity contribution >= 4 is 17.7 Å². The number of rotatable bonds is 18. The summed E-state index contributed by atoms with van der Waals surface area (Å²) in [5.74, 6) is 0.816. The SMILES string of the molecule is CCOC(=O)CC(=O)CCCC[C@@H](C)CC.CCOC(=O)CC(O)CCCC[C@@H](C)CC. The summed E-state index contributed by atoms with van der Waals surface area (Å²) in [4.78, 5) is 33.4. The van der Waals surface area contributed by atoms with Gasteiger partial charge in [0.05, 0.1) is 25.7 Å². The van der Waals surface area contributed by atoms with Crippen LogP contribution < -0.4 is 0 Å². The second-order valence-electron chi connectivity index (χ2n) is 8.74. The average Bonchev–Trinajstić information content (AvgIpc) is 2.74. The first-order valence-electron chi connectivity index (χ1n) is 12.7. The second-order valence-corrected chi connectivity index (χ2v) is 8.74. The van der Waals surface area contributed by atoms with Gasteiger partial charge in [-0.15, -0.1) is 0 Å². The number of aliphatic hydroxyl groups excluding tert-OH is 1. The van der Waals surface area contributed by atoms with Gasteiger partial charge in [0.25, 0.3) is 0 Å². The van der Waals surface area contributed by atoms with Gasteiger partial charge >= 0.3 is 11.9 Å². The molecule has 0 aromatic carbocycles. The van der Waals surface area contributed by atoms with Crippen molar-refractivity contribution in [2.45, 2.75) is 125 Å². The van der Waals surface area contributed by atoms with E-state index in [0.717, 1.165) is 37.5 Å². The summed E-state index contributed by atoms with van der Waals surface area (Å²) in [5.41, 5.74) is 0. The lowest BCUT2D eigenvalue weighted by atomic mass is 9.99. The number of ketones is 1. The van der Waals surface area contributed by atoms with Crippen molar-refractivity contribution in [2.75, 3.05) is 13.2 Å². The van der Waals surface area contributed by atoms with Gasteiger partial charge in [0.15, 0.2) is 0 Å². The van der Waals surface area contributed by atoms with Crippen molar-refractivity contribution in [3.63, 3.8) is 0 Å². The molecule has 0 heterocycles. The minimum absolute atomic E-state index is 0.00241. The number of hydrogen-bond donors (Lipinski definition) is 1. The van der Waals surface area contributed by atoms with Gasteiger partial charge in [0.2, 0.25) is 0 Å². The van der Waals surface area contributed by atoms with E-state index in [4.69, 9.17) is 9.47 Å². The maximum absolute atomic E-state index is 11.3. The summed E-state index contributed by atoms with van der Waals surface area (Å²) in [6.45, 7) is 13.1. The molecule has 6 nitrogen and oxygen atoms in total. The van der Waals surface area contributed by atoms with Gasteiger partial charge in [0.1, 0.15) is 12.2 Å². The van der Waals surface area contributed by atoms with Crippen LogP contribution in [0, 0.1) is 11.8 Å². The van der Waals surface area contributed by atoms with Crippen molar-refractivity contribution in [1.29, 1.82) is 0 Å². The van der Waals surface area contributed by atoms with Crippen LogP contribution >= 0.6 is 0 Å². The van der Waals surface area contributed by atoms with Crippen LogP contribution in [0.15, 0.2) is 0 Å². The Hall–Kier alpha value is -1.43. The minimum Gasteiger partial charge on any atom is -0.466 e. The summed E-state index contributed by atoms with van der Waals surface area (Å²) < 4.78 is 9.49. The molecule has 0 spiro atoms. The Morgan fingerprint density at radius 3 is 1.69 bits per heavy atom. The minimum atomic E-state index is -0.531. The first-order chi connectivity index (χ1) is 15.2. The maximum Gasteiger partial charge on any atom is 0.313 e. The van der Waals surface area contributed by atoms with E-state index < -0.39 is 12.1 Å². The van der Waals surface area contributed by atoms with E-state index in [1.54, 1.807) is 13.8 Å². The Morgan fingerprint density at radius 2 is 1.19 bits per heavy atom. The van der Waals surface area contributed by atoms with Crippen molar-refractivity contribution in [3.05, 3.63) is 0 Å². The fourth-order valence-corrected chi connectivity index (χ4v) is 3.07. The Labute approximate surface area is 196 Å². The molecular weight excluding hydrogens is 408 g/mol. The van der Waals surface area contributed by atoms with Crippen molar-refractivity contribution in [1.82, 2.24) is 0 Å². The molecule has 0 aromatic rings. The molecule has 0 aromatic heterocycles. The zero-order valence-corrected chi connectivity index (χ0v) is 21.6. The molecule has 32 heavy (non-hydrogen) atoms. The number of esters is 2. The zero-order chi connectivity index (χ0) is 24.8. The summed E-state index contributed by atoms with van der Waals surface area (Å²) >= 11 is 0. The lowest BCUT2D eigenvalue weighted by molar-refractivity contribution is -0.146. The van der Waals surface area contributed by atoms with Crippen molar-refractivity contribution in [3.8, 4) is 0 Å². The summed E-state index contributed by atoms with van der Waals surface area (Å²) in [6, 6.07) is 0. The molecule has 0 aliphatic carbocycles. The highest BCUT2D eigenvalue weighted by Crippen LogP contribution is 2.14. The Balaban J connectivity index is 0. The highest BCUT2D eigenvalue weighted by Gasteiger charge is 2.11. The van der Waals surface area contributed by atoms with Crippen molar-refractivity contribution < 1.29 is 29.0 Å². The van der Waals surface area contributed by atoms with Crippen LogP contribution in [0.25, 0.3) is 0 Å². The molecule has 1 N–H and O–H groups in total. The lowest BCUT2D eigenvalue weighted by Gasteiger charge is -2.11. The Bertz CT molecular complexity index is 477. The van der Waals surface area contributed by atoms with Gasteiger partial charge in [-0.1, -0.05) is 72.6 Å². The molecular formula is C26H50O6. The fraction of sp³-hybridized carbons (Fsp3) is 0.885. The van der Waals surface area contributed by atoms with Gasteiger partial charge < -0.3 is 14.6 Å². The number of carbonyl (C=O) groups is 3. The second kappa shape index (κ2) is 22.8. The number of unbranched alkanes of at least 4 members (excludes halogenated alkanes) is 2. The molecule has 0 amide bonds. The van der Waals surface area contributed by atoms with Crippen LogP contribution in [0.4, 0.5) is 0 Å². The summed E-state index contributed by atoms with van der Waals surface area (Å²) in [7, 11) is 0. The number of ether oxygens (including phenoxy) is 2. The molecule has 0 radical (unpaired) electrons. The quantitative estimate of drug-likeness (QED) is 0.153. The number of aliphatic hydroxyl groups is 1. The third-order valence-corrected chi connectivity index (χ3v) is 5.64. The van der Waals surface area contributed by atoms with Crippen molar-refractivity contribution in [2.24, 2.45) is 11.8 Å². The molecule has 0 bridgehead atoms. The smallest absolute Gasteiger partial charge is 0.313 e. The highest BCUT2D eigenvalue weighted by atomic mass is 16.5. The molecule has 0 aliphatic heterocycles. The number of carbonyl (C=O) groups excluding carboxylic acids is 3. The lowest BCUT2D eigenvalue weighted by Crippen LogP contribution is -2.15. The number of Topliss-reactive ketones (excluding diaryl/α,β-unsaturated/α-hetero) is 1. The summed E-state index contributed by atoms with van der Waals surface area (Å²) in [5, 5.41) is 9.57. The fourth-order valence-electron chi connectivity index (χ4n) is 3.07. The van der Waals surface area contributed by atoms with E-state index in [9.17, 15) is 19.5 Å². The van der Waals surface area contributed by atoms with Gasteiger partial charge in [0, 0.05) is 6.42 Å². The summed E-state index contributed by atoms with van der Waals surface area (Å²) in [6.07, 6.45) is 9.63. The largest absolute Gasteiger partial charge is 0.466 e. The third kappa shape index (κ3) is 23.2. The van der Waals surface area contributed by atoms with Crippen LogP contribution in [0.3, 0.4) is 0 Å². The predicted molar refractivity (Wildman–Crippen MR) is 129 cm³/mol. The van der Waals surface area contributed by atoms with Crippen LogP contribution in [0.5, 0.6) is 0 Å². The van der Waals surface area contributed by atoms with Gasteiger partial charge in [-0.3, -0.25) is 14.4 Å². The van der Waals surface area contributed by atoms with E-state index in [1.165, 1.54) is 25.7 Å². The third-order valence-electron chi connectivity index (χ3n) is 5.64. The molecule has 0 aliphatic rings. The van der Waals surface area contributed by atoms with Crippen LogP contribution in [0.2, 0.25) is 0 Å². The van der Waals surface area contributed by atoms with Crippen LogP contribution in [-0.2, 0) is 23.9 Å². The zero-order valence-electron chi connectivity index (χ0n) is 21.6. The van der Waals surface area contributed by atoms with E-state index in [1.807, 2.05) is 0 Å². The first-order valence-corrected chi connectivity index (χ1v) is 12.7. The molecule has 1 unspecified atom stereocenters. The van der Waals surface area contributed by atoms with Crippen LogP contribution in [0.1, 0.15) is 119 Å². The van der Waals surface area contributed by atoms with E-state index in [-0.39, 0.29) is 24.6 Å². The Kier molecular flexibility index (Phi) is 23.3. The molecule has 0 rings (SSSR count). The van der Waals surface area contributed by atoms with E-state index in [2.05, 4.69) is 27.7 Å². The van der Waals surface area contributed by atoms with Gasteiger partial charge in [-0.2, -0.15) is 0 Å². The normalized spacial score (nSPS) is 13.3. The maximum atomic E-state index is 11.3. The standard InChI is InChI=1S/C13H26O3.C13H24O3/c2*1-4-11(3)8-6-7-9-12(14)10-13(15)16-5-2/h11-12,14H,4-10H2,1-3H3;11H,4-10H2,1-3H3/t11-,12?;11-/m00/s1. The first kappa shape index (κ1) is 32.7.